The zero-order valence-electron chi connectivity index (χ0n) is 16.2. The number of hydrogen-bond acceptors (Lipinski definition) is 2. The van der Waals surface area contributed by atoms with Crippen molar-refractivity contribution in [3.8, 4) is 5.69 Å². The van der Waals surface area contributed by atoms with Gasteiger partial charge in [-0.25, -0.2) is 8.78 Å². The van der Waals surface area contributed by atoms with E-state index in [9.17, 15) is 18.4 Å². The number of hydrogen-bond donors (Lipinski definition) is 1. The van der Waals surface area contributed by atoms with Crippen molar-refractivity contribution in [1.82, 2.24) is 9.47 Å². The Morgan fingerprint density at radius 3 is 2.37 bits per heavy atom. The number of rotatable bonds is 4. The second-order valence-corrected chi connectivity index (χ2v) is 7.32. The predicted octanol–water partition coefficient (Wildman–Crippen LogP) is 4.25. The Hall–Kier alpha value is -3.48. The largest absolute Gasteiger partial charge is 0.339 e. The minimum atomic E-state index is -0.873. The molecule has 0 spiro atoms. The molecule has 2 aromatic carbocycles. The van der Waals surface area contributed by atoms with E-state index >= 15 is 0 Å². The fourth-order valence-electron chi connectivity index (χ4n) is 3.67. The normalized spacial score (nSPS) is 14.5. The number of anilines is 1. The number of benzene rings is 2. The second kappa shape index (κ2) is 8.49. The zero-order chi connectivity index (χ0) is 21.1. The minimum Gasteiger partial charge on any atom is -0.339 e. The first-order valence-electron chi connectivity index (χ1n) is 9.80. The summed E-state index contributed by atoms with van der Waals surface area (Å²) in [7, 11) is 0. The average molecular weight is 409 g/mol. The number of amides is 2. The molecule has 1 N–H and O–H groups in total. The zero-order valence-corrected chi connectivity index (χ0v) is 16.2. The van der Waals surface area contributed by atoms with Crippen LogP contribution in [0.2, 0.25) is 0 Å². The van der Waals surface area contributed by atoms with Crippen LogP contribution in [0.15, 0.2) is 67.0 Å². The van der Waals surface area contributed by atoms with Crippen LogP contribution in [0.5, 0.6) is 0 Å². The fraction of sp³-hybridized carbons (Fsp3) is 0.217. The van der Waals surface area contributed by atoms with E-state index in [0.717, 1.165) is 17.8 Å². The van der Waals surface area contributed by atoms with Crippen molar-refractivity contribution < 1.29 is 18.4 Å². The molecule has 4 rings (SSSR count). The Morgan fingerprint density at radius 2 is 1.67 bits per heavy atom. The van der Waals surface area contributed by atoms with Gasteiger partial charge in [0.1, 0.15) is 11.6 Å². The Kier molecular flexibility index (Phi) is 5.61. The molecule has 1 aliphatic rings. The summed E-state index contributed by atoms with van der Waals surface area (Å²) in [5.41, 5.74) is 1.50. The highest BCUT2D eigenvalue weighted by Gasteiger charge is 2.29. The molecule has 2 amide bonds. The number of carbonyl (C=O) groups is 2. The first kappa shape index (κ1) is 19.8. The van der Waals surface area contributed by atoms with Crippen molar-refractivity contribution in [2.24, 2.45) is 5.92 Å². The first-order chi connectivity index (χ1) is 14.5. The molecule has 0 radical (unpaired) electrons. The van der Waals surface area contributed by atoms with E-state index in [1.165, 1.54) is 4.90 Å². The lowest BCUT2D eigenvalue weighted by atomic mass is 9.95. The van der Waals surface area contributed by atoms with Gasteiger partial charge in [0.15, 0.2) is 0 Å². The summed E-state index contributed by atoms with van der Waals surface area (Å²) in [6.07, 6.45) is 4.82. The van der Waals surface area contributed by atoms with Crippen molar-refractivity contribution in [3.05, 3.63) is 84.2 Å². The molecule has 1 fully saturated rings. The lowest BCUT2D eigenvalue weighted by Crippen LogP contribution is -2.41. The third-order valence-corrected chi connectivity index (χ3v) is 5.33. The van der Waals surface area contributed by atoms with Gasteiger partial charge in [0.2, 0.25) is 5.91 Å². The van der Waals surface area contributed by atoms with Gasteiger partial charge in [-0.05, 0) is 55.3 Å². The monoisotopic (exact) mass is 409 g/mol. The van der Waals surface area contributed by atoms with Gasteiger partial charge >= 0.3 is 0 Å². The third-order valence-electron chi connectivity index (χ3n) is 5.33. The molecule has 2 heterocycles. The summed E-state index contributed by atoms with van der Waals surface area (Å²) in [6, 6.07) is 14.3. The van der Waals surface area contributed by atoms with Crippen LogP contribution in [0.25, 0.3) is 5.69 Å². The van der Waals surface area contributed by atoms with Crippen molar-refractivity contribution in [1.29, 1.82) is 0 Å². The number of aromatic nitrogens is 1. The molecule has 1 saturated heterocycles. The van der Waals surface area contributed by atoms with Gasteiger partial charge < -0.3 is 14.8 Å². The van der Waals surface area contributed by atoms with Gasteiger partial charge in [0, 0.05) is 48.8 Å². The molecule has 1 aromatic heterocycles. The number of likely N-dealkylation sites (tertiary alicyclic amines) is 1. The van der Waals surface area contributed by atoms with E-state index in [2.05, 4.69) is 5.32 Å². The van der Waals surface area contributed by atoms with Crippen LogP contribution in [0.4, 0.5) is 14.5 Å². The summed E-state index contributed by atoms with van der Waals surface area (Å²) in [6.45, 7) is 0.689. The highest BCUT2D eigenvalue weighted by molar-refractivity contribution is 5.95. The molecule has 0 bridgehead atoms. The maximum Gasteiger partial charge on any atom is 0.256 e. The lowest BCUT2D eigenvalue weighted by Gasteiger charge is -2.31. The van der Waals surface area contributed by atoms with Crippen molar-refractivity contribution >= 4 is 17.5 Å². The molecule has 5 nitrogen and oxygen atoms in total. The SMILES string of the molecule is O=C(Nc1cccc(-n2cccc2)c1)C1CCN(C(=O)c2ccc(F)cc2F)CC1. The standard InChI is InChI=1S/C23H21F2N3O2/c24-17-6-7-20(21(25)14-17)23(30)28-12-8-16(9-13-28)22(29)26-18-4-3-5-19(15-18)27-10-1-2-11-27/h1-7,10-11,14-16H,8-9,12-13H2,(H,26,29). The maximum atomic E-state index is 13.9. The number of nitrogens with one attached hydrogen (secondary N) is 1. The third kappa shape index (κ3) is 4.25. The highest BCUT2D eigenvalue weighted by atomic mass is 19.1. The number of piperidine rings is 1. The first-order valence-corrected chi connectivity index (χ1v) is 9.80. The van der Waals surface area contributed by atoms with Gasteiger partial charge in [-0.2, -0.15) is 0 Å². The highest BCUT2D eigenvalue weighted by Crippen LogP contribution is 2.23. The van der Waals surface area contributed by atoms with E-state index in [1.54, 1.807) is 0 Å². The van der Waals surface area contributed by atoms with Crippen LogP contribution < -0.4 is 5.32 Å². The van der Waals surface area contributed by atoms with Crippen LogP contribution in [0.1, 0.15) is 23.2 Å². The van der Waals surface area contributed by atoms with E-state index in [4.69, 9.17) is 0 Å². The van der Waals surface area contributed by atoms with E-state index in [-0.39, 0.29) is 17.4 Å². The quantitative estimate of drug-likeness (QED) is 0.701. The lowest BCUT2D eigenvalue weighted by molar-refractivity contribution is -0.121. The molecule has 1 aliphatic heterocycles. The van der Waals surface area contributed by atoms with Crippen LogP contribution in [-0.2, 0) is 4.79 Å². The van der Waals surface area contributed by atoms with E-state index < -0.39 is 17.5 Å². The summed E-state index contributed by atoms with van der Waals surface area (Å²) in [5.74, 6) is -2.41. The summed E-state index contributed by atoms with van der Waals surface area (Å²) >= 11 is 0. The molecule has 0 aliphatic carbocycles. The second-order valence-electron chi connectivity index (χ2n) is 7.32. The Labute approximate surface area is 172 Å². The summed E-state index contributed by atoms with van der Waals surface area (Å²) < 4.78 is 28.9. The number of halogens is 2. The Morgan fingerprint density at radius 1 is 0.933 bits per heavy atom. The molecule has 3 aromatic rings. The number of carbonyl (C=O) groups excluding carboxylic acids is 2. The minimum absolute atomic E-state index is 0.0975. The van der Waals surface area contributed by atoms with Gasteiger partial charge in [0.25, 0.3) is 5.91 Å². The van der Waals surface area contributed by atoms with Gasteiger partial charge in [-0.3, -0.25) is 9.59 Å². The van der Waals surface area contributed by atoms with Crippen LogP contribution >= 0.6 is 0 Å². The average Bonchev–Trinajstić information content (AvgIpc) is 3.29. The molecular weight excluding hydrogens is 388 g/mol. The Bertz CT molecular complexity index is 1060. The molecule has 154 valence electrons. The molecule has 7 heteroatoms. The van der Waals surface area contributed by atoms with Crippen molar-refractivity contribution in [2.45, 2.75) is 12.8 Å². The predicted molar refractivity (Wildman–Crippen MR) is 109 cm³/mol. The Balaban J connectivity index is 1.35. The number of nitrogens with zero attached hydrogens (tertiary/aromatic N) is 2. The van der Waals surface area contributed by atoms with Crippen LogP contribution in [0, 0.1) is 17.6 Å². The van der Waals surface area contributed by atoms with Crippen molar-refractivity contribution in [3.63, 3.8) is 0 Å². The fourth-order valence-corrected chi connectivity index (χ4v) is 3.67. The van der Waals surface area contributed by atoms with Crippen LogP contribution in [0.3, 0.4) is 0 Å². The summed E-state index contributed by atoms with van der Waals surface area (Å²) in [4.78, 5) is 26.7. The van der Waals surface area contributed by atoms with Gasteiger partial charge in [0.05, 0.1) is 5.56 Å². The molecule has 0 saturated carbocycles. The molecular formula is C23H21F2N3O2. The molecule has 0 unspecified atom stereocenters. The summed E-state index contributed by atoms with van der Waals surface area (Å²) in [5, 5.41) is 2.95. The molecule has 30 heavy (non-hydrogen) atoms. The maximum absolute atomic E-state index is 13.9. The topological polar surface area (TPSA) is 54.3 Å². The molecule has 0 atom stereocenters. The van der Waals surface area contributed by atoms with Crippen LogP contribution in [-0.4, -0.2) is 34.4 Å². The van der Waals surface area contributed by atoms with Gasteiger partial charge in [-0.1, -0.05) is 6.07 Å². The van der Waals surface area contributed by atoms with E-state index in [0.29, 0.717) is 37.7 Å². The van der Waals surface area contributed by atoms with Crippen molar-refractivity contribution in [2.75, 3.05) is 18.4 Å². The van der Waals surface area contributed by atoms with Gasteiger partial charge in [-0.15, -0.1) is 0 Å². The smallest absolute Gasteiger partial charge is 0.256 e. The van der Waals surface area contributed by atoms with E-state index in [1.807, 2.05) is 53.4 Å².